The predicted molar refractivity (Wildman–Crippen MR) is 70.9 cm³/mol. The number of hydrogen-bond acceptors (Lipinski definition) is 4. The summed E-state index contributed by atoms with van der Waals surface area (Å²) in [7, 11) is -4.38. The molecule has 1 aromatic carbocycles. The average Bonchev–Trinajstić information content (AvgIpc) is 2.37. The van der Waals surface area contributed by atoms with Gasteiger partial charge in [0.25, 0.3) is 0 Å². The number of hydrogen-bond donors (Lipinski definition) is 0. The van der Waals surface area contributed by atoms with Gasteiger partial charge in [0.15, 0.2) is 0 Å². The van der Waals surface area contributed by atoms with Crippen molar-refractivity contribution >= 4 is 15.7 Å². The topological polar surface area (TPSA) is 80.5 Å². The fraction of sp³-hybridized carbons (Fsp3) is 0.333. The summed E-state index contributed by atoms with van der Waals surface area (Å²) in [5.41, 5.74) is -1.12. The van der Waals surface area contributed by atoms with Crippen molar-refractivity contribution in [3.05, 3.63) is 33.9 Å². The first-order valence-corrected chi connectivity index (χ1v) is 7.26. The van der Waals surface area contributed by atoms with Crippen molar-refractivity contribution in [2.75, 3.05) is 13.1 Å². The second-order valence-electron chi connectivity index (χ2n) is 4.03. The smallest absolute Gasteiger partial charge is 0.258 e. The summed E-state index contributed by atoms with van der Waals surface area (Å²) in [5.74, 6) is -0.742. The molecule has 0 aliphatic rings. The van der Waals surface area contributed by atoms with Crippen LogP contribution in [0, 0.1) is 34.1 Å². The molecule has 1 aromatic rings. The predicted octanol–water partition coefficient (Wildman–Crippen LogP) is 1.91. The fourth-order valence-electron chi connectivity index (χ4n) is 1.63. The molecule has 0 saturated carbocycles. The third kappa shape index (κ3) is 3.53. The summed E-state index contributed by atoms with van der Waals surface area (Å²) < 4.78 is 52.3. The molecule has 0 aliphatic carbocycles. The van der Waals surface area contributed by atoms with Gasteiger partial charge in [-0.05, 0) is 6.42 Å². The highest BCUT2D eigenvalue weighted by molar-refractivity contribution is 7.89. The molecular formula is C12H12F2N2O4S. The summed E-state index contributed by atoms with van der Waals surface area (Å²) in [6.45, 7) is 1.38. The normalized spacial score (nSPS) is 11.4. The number of benzene rings is 1. The van der Waals surface area contributed by atoms with E-state index in [-0.39, 0.29) is 19.2 Å². The summed E-state index contributed by atoms with van der Waals surface area (Å²) in [6, 6.07) is 0.532. The number of terminal acetylenes is 1. The van der Waals surface area contributed by atoms with Crippen molar-refractivity contribution in [3.63, 3.8) is 0 Å². The lowest BCUT2D eigenvalue weighted by molar-refractivity contribution is -0.387. The minimum Gasteiger partial charge on any atom is -0.258 e. The molecule has 0 unspecified atom stereocenters. The Labute approximate surface area is 120 Å². The number of rotatable bonds is 6. The van der Waals surface area contributed by atoms with E-state index in [1.165, 1.54) is 0 Å². The number of nitrogens with zero attached hydrogens (tertiary/aromatic N) is 2. The van der Waals surface area contributed by atoms with Gasteiger partial charge in [0, 0.05) is 18.7 Å². The highest BCUT2D eigenvalue weighted by atomic mass is 32.2. The average molecular weight is 318 g/mol. The van der Waals surface area contributed by atoms with Crippen molar-refractivity contribution < 1.29 is 22.1 Å². The van der Waals surface area contributed by atoms with Gasteiger partial charge in [-0.15, -0.1) is 6.42 Å². The van der Waals surface area contributed by atoms with E-state index in [4.69, 9.17) is 6.42 Å². The van der Waals surface area contributed by atoms with E-state index in [1.54, 1.807) is 6.92 Å². The molecule has 1 rings (SSSR count). The molecule has 0 amide bonds. The van der Waals surface area contributed by atoms with Crippen LogP contribution in [0.5, 0.6) is 0 Å². The molecule has 0 aromatic heterocycles. The molecule has 0 spiro atoms. The Kier molecular flexibility index (Phi) is 5.34. The van der Waals surface area contributed by atoms with Crippen LogP contribution in [0.1, 0.15) is 13.3 Å². The quantitative estimate of drug-likeness (QED) is 0.456. The van der Waals surface area contributed by atoms with E-state index in [1.807, 2.05) is 0 Å². The van der Waals surface area contributed by atoms with Gasteiger partial charge in [0.2, 0.25) is 15.8 Å². The Hall–Kier alpha value is -2.05. The minimum absolute atomic E-state index is 0.0111. The van der Waals surface area contributed by atoms with Gasteiger partial charge in [-0.25, -0.2) is 12.8 Å². The molecule has 114 valence electrons. The van der Waals surface area contributed by atoms with E-state index in [0.29, 0.717) is 12.5 Å². The van der Waals surface area contributed by atoms with Crippen LogP contribution in [0.3, 0.4) is 0 Å². The van der Waals surface area contributed by atoms with Crippen LogP contribution in [0.15, 0.2) is 17.0 Å². The van der Waals surface area contributed by atoms with E-state index in [9.17, 15) is 27.3 Å². The maximum Gasteiger partial charge on any atom is 0.306 e. The molecular weight excluding hydrogens is 306 g/mol. The zero-order chi connectivity index (χ0) is 16.2. The fourth-order valence-corrected chi connectivity index (χ4v) is 3.14. The lowest BCUT2D eigenvalue weighted by Crippen LogP contribution is -2.33. The third-order valence-electron chi connectivity index (χ3n) is 2.56. The molecule has 9 heteroatoms. The molecule has 21 heavy (non-hydrogen) atoms. The van der Waals surface area contributed by atoms with Crippen LogP contribution in [-0.4, -0.2) is 30.7 Å². The molecule has 0 aliphatic heterocycles. The molecule has 0 atom stereocenters. The molecule has 6 nitrogen and oxygen atoms in total. The number of nitro groups is 1. The number of nitro benzene ring substituents is 1. The molecule has 0 N–H and O–H groups in total. The summed E-state index contributed by atoms with van der Waals surface area (Å²) >= 11 is 0. The first-order valence-electron chi connectivity index (χ1n) is 5.82. The van der Waals surface area contributed by atoms with Gasteiger partial charge in [-0.1, -0.05) is 12.8 Å². The highest BCUT2D eigenvalue weighted by Gasteiger charge is 2.30. The van der Waals surface area contributed by atoms with Crippen molar-refractivity contribution in [1.82, 2.24) is 4.31 Å². The molecule has 0 saturated heterocycles. The van der Waals surface area contributed by atoms with Crippen molar-refractivity contribution in [1.29, 1.82) is 0 Å². The minimum atomic E-state index is -4.38. The molecule has 0 bridgehead atoms. The number of sulfonamides is 1. The zero-order valence-electron chi connectivity index (χ0n) is 11.0. The monoisotopic (exact) mass is 318 g/mol. The van der Waals surface area contributed by atoms with Crippen LogP contribution >= 0.6 is 0 Å². The summed E-state index contributed by atoms with van der Waals surface area (Å²) in [5, 5.41) is 10.6. The second kappa shape index (κ2) is 6.60. The molecule has 0 fully saturated rings. The van der Waals surface area contributed by atoms with Crippen LogP contribution in [0.4, 0.5) is 14.5 Å². The van der Waals surface area contributed by atoms with Crippen molar-refractivity contribution in [3.8, 4) is 12.3 Å². The van der Waals surface area contributed by atoms with Crippen molar-refractivity contribution in [2.24, 2.45) is 0 Å². The largest absolute Gasteiger partial charge is 0.306 e. The number of halogens is 2. The maximum atomic E-state index is 13.7. The Bertz CT molecular complexity index is 698. The van der Waals surface area contributed by atoms with Gasteiger partial charge in [-0.3, -0.25) is 10.1 Å². The Morgan fingerprint density at radius 3 is 2.48 bits per heavy atom. The molecule has 0 radical (unpaired) electrons. The van der Waals surface area contributed by atoms with E-state index >= 15 is 0 Å². The van der Waals surface area contributed by atoms with Crippen LogP contribution < -0.4 is 0 Å². The lowest BCUT2D eigenvalue weighted by Gasteiger charge is -2.19. The summed E-state index contributed by atoms with van der Waals surface area (Å²) in [4.78, 5) is 8.54. The SMILES string of the molecule is C#CCN(CCC)S(=O)(=O)c1cc([N+](=O)[O-])c(F)cc1F. The Morgan fingerprint density at radius 1 is 1.38 bits per heavy atom. The van der Waals surface area contributed by atoms with Gasteiger partial charge < -0.3 is 0 Å². The Morgan fingerprint density at radius 2 is 2.00 bits per heavy atom. The zero-order valence-corrected chi connectivity index (χ0v) is 11.9. The van der Waals surface area contributed by atoms with E-state index in [0.717, 1.165) is 4.31 Å². The van der Waals surface area contributed by atoms with Crippen LogP contribution in [-0.2, 0) is 10.0 Å². The first-order chi connectivity index (χ1) is 9.75. The summed E-state index contributed by atoms with van der Waals surface area (Å²) in [6.07, 6.45) is 5.47. The standard InChI is InChI=1S/C12H12F2N2O4S/c1-3-5-15(6-4-2)21(19,20)12-8-11(16(17)18)9(13)7-10(12)14/h1,7-8H,4-6H2,2H3. The van der Waals surface area contributed by atoms with Crippen molar-refractivity contribution in [2.45, 2.75) is 18.2 Å². The van der Waals surface area contributed by atoms with Gasteiger partial charge in [-0.2, -0.15) is 8.70 Å². The Balaban J connectivity index is 3.46. The van der Waals surface area contributed by atoms with Crippen LogP contribution in [0.25, 0.3) is 0 Å². The van der Waals surface area contributed by atoms with E-state index < -0.39 is 37.2 Å². The maximum absolute atomic E-state index is 13.7. The second-order valence-corrected chi connectivity index (χ2v) is 5.94. The third-order valence-corrected chi connectivity index (χ3v) is 4.42. The highest BCUT2D eigenvalue weighted by Crippen LogP contribution is 2.27. The van der Waals surface area contributed by atoms with Gasteiger partial charge in [0.05, 0.1) is 11.5 Å². The van der Waals surface area contributed by atoms with Gasteiger partial charge >= 0.3 is 5.69 Å². The van der Waals surface area contributed by atoms with Crippen LogP contribution in [0.2, 0.25) is 0 Å². The van der Waals surface area contributed by atoms with E-state index in [2.05, 4.69) is 5.92 Å². The lowest BCUT2D eigenvalue weighted by atomic mass is 10.3. The van der Waals surface area contributed by atoms with Gasteiger partial charge in [0.1, 0.15) is 10.7 Å². The molecule has 0 heterocycles. The first kappa shape index (κ1) is 17.0.